The molecule has 19 heavy (non-hydrogen) atoms. The maximum absolute atomic E-state index is 12.0. The summed E-state index contributed by atoms with van der Waals surface area (Å²) in [6.07, 6.45) is 1.61. The van der Waals surface area contributed by atoms with Crippen LogP contribution < -0.4 is 15.4 Å². The summed E-state index contributed by atoms with van der Waals surface area (Å²) >= 11 is 0. The second kappa shape index (κ2) is 5.86. The molecule has 1 aromatic heterocycles. The minimum Gasteiger partial charge on any atom is -0.497 e. The van der Waals surface area contributed by atoms with Crippen LogP contribution in [0.1, 0.15) is 10.5 Å². The Morgan fingerprint density at radius 3 is 2.68 bits per heavy atom. The second-order valence-electron chi connectivity index (χ2n) is 3.87. The van der Waals surface area contributed by atoms with Gasteiger partial charge in [0, 0.05) is 18.8 Å². The van der Waals surface area contributed by atoms with Crippen LogP contribution >= 0.6 is 0 Å². The van der Waals surface area contributed by atoms with Gasteiger partial charge in [0.15, 0.2) is 0 Å². The van der Waals surface area contributed by atoms with Crippen LogP contribution in [0.25, 0.3) is 0 Å². The van der Waals surface area contributed by atoms with Crippen molar-refractivity contribution in [1.29, 1.82) is 0 Å². The van der Waals surface area contributed by atoms with Gasteiger partial charge in [0.1, 0.15) is 11.4 Å². The van der Waals surface area contributed by atoms with E-state index in [1.807, 2.05) is 12.1 Å². The normalized spacial score (nSPS) is 9.79. The number of rotatable bonds is 4. The summed E-state index contributed by atoms with van der Waals surface area (Å²) in [4.78, 5) is 16.1. The number of methoxy groups -OCH3 is 1. The lowest BCUT2D eigenvalue weighted by molar-refractivity contribution is 0.102. The minimum absolute atomic E-state index is 0.254. The molecule has 0 aliphatic rings. The zero-order chi connectivity index (χ0) is 13.7. The topological polar surface area (TPSA) is 63.2 Å². The largest absolute Gasteiger partial charge is 0.497 e. The first-order valence-corrected chi connectivity index (χ1v) is 5.82. The average Bonchev–Trinajstić information content (AvgIpc) is 2.47. The Kier molecular flexibility index (Phi) is 3.97. The number of pyridine rings is 1. The molecule has 1 heterocycles. The number of benzene rings is 1. The van der Waals surface area contributed by atoms with E-state index in [4.69, 9.17) is 4.74 Å². The van der Waals surface area contributed by atoms with Gasteiger partial charge >= 0.3 is 0 Å². The summed E-state index contributed by atoms with van der Waals surface area (Å²) in [7, 11) is 3.38. The minimum atomic E-state index is -0.254. The van der Waals surface area contributed by atoms with E-state index in [2.05, 4.69) is 15.6 Å². The Morgan fingerprint density at radius 2 is 2.05 bits per heavy atom. The second-order valence-corrected chi connectivity index (χ2v) is 3.87. The fraction of sp³-hybridized carbons (Fsp3) is 0.143. The Morgan fingerprint density at radius 1 is 1.21 bits per heavy atom. The number of amides is 1. The highest BCUT2D eigenvalue weighted by Crippen LogP contribution is 2.17. The Hall–Kier alpha value is -2.56. The summed E-state index contributed by atoms with van der Waals surface area (Å²) in [5.74, 6) is 0.437. The van der Waals surface area contributed by atoms with Gasteiger partial charge in [0.25, 0.3) is 5.91 Å². The SMILES string of the molecule is CNc1ccc(C(=O)Nc2cccc(OC)c2)nc1. The number of hydrogen-bond donors (Lipinski definition) is 2. The van der Waals surface area contributed by atoms with Gasteiger partial charge in [0.05, 0.1) is 19.0 Å². The summed E-state index contributed by atoms with van der Waals surface area (Å²) in [6.45, 7) is 0. The van der Waals surface area contributed by atoms with Crippen molar-refractivity contribution < 1.29 is 9.53 Å². The van der Waals surface area contributed by atoms with Gasteiger partial charge < -0.3 is 15.4 Å². The van der Waals surface area contributed by atoms with Crippen LogP contribution in [-0.2, 0) is 0 Å². The van der Waals surface area contributed by atoms with Gasteiger partial charge in [-0.25, -0.2) is 4.98 Å². The van der Waals surface area contributed by atoms with Crippen LogP contribution in [0.5, 0.6) is 5.75 Å². The molecule has 0 bridgehead atoms. The molecule has 1 aromatic carbocycles. The molecule has 98 valence electrons. The van der Waals surface area contributed by atoms with E-state index in [0.29, 0.717) is 17.1 Å². The molecule has 5 heteroatoms. The highest BCUT2D eigenvalue weighted by atomic mass is 16.5. The smallest absolute Gasteiger partial charge is 0.274 e. The predicted molar refractivity (Wildman–Crippen MR) is 74.7 cm³/mol. The lowest BCUT2D eigenvalue weighted by atomic mass is 10.2. The van der Waals surface area contributed by atoms with Crippen LogP contribution in [0, 0.1) is 0 Å². The first kappa shape index (κ1) is 12.9. The molecule has 2 aromatic rings. The predicted octanol–water partition coefficient (Wildman–Crippen LogP) is 2.38. The molecule has 0 atom stereocenters. The van der Waals surface area contributed by atoms with E-state index in [1.54, 1.807) is 44.6 Å². The van der Waals surface area contributed by atoms with Gasteiger partial charge in [-0.2, -0.15) is 0 Å². The third-order valence-electron chi connectivity index (χ3n) is 2.61. The maximum atomic E-state index is 12.0. The molecule has 5 nitrogen and oxygen atoms in total. The van der Waals surface area contributed by atoms with Crippen LogP contribution in [0.4, 0.5) is 11.4 Å². The standard InChI is InChI=1S/C14H15N3O2/c1-15-11-6-7-13(16-9-11)14(18)17-10-4-3-5-12(8-10)19-2/h3-9,15H,1-2H3,(H,17,18). The number of nitrogens with zero attached hydrogens (tertiary/aromatic N) is 1. The fourth-order valence-electron chi connectivity index (χ4n) is 1.57. The molecule has 0 aliphatic carbocycles. The lowest BCUT2D eigenvalue weighted by Gasteiger charge is -2.07. The zero-order valence-corrected chi connectivity index (χ0v) is 10.8. The molecular weight excluding hydrogens is 242 g/mol. The van der Waals surface area contributed by atoms with Crippen LogP contribution in [0.3, 0.4) is 0 Å². The number of aromatic nitrogens is 1. The van der Waals surface area contributed by atoms with Crippen molar-refractivity contribution >= 4 is 17.3 Å². The Bertz CT molecular complexity index is 567. The van der Waals surface area contributed by atoms with Crippen LogP contribution in [0.2, 0.25) is 0 Å². The fourth-order valence-corrected chi connectivity index (χ4v) is 1.57. The molecule has 2 rings (SSSR count). The van der Waals surface area contributed by atoms with Crippen molar-refractivity contribution in [1.82, 2.24) is 4.98 Å². The molecule has 1 amide bonds. The molecule has 0 fully saturated rings. The zero-order valence-electron chi connectivity index (χ0n) is 10.8. The first-order chi connectivity index (χ1) is 9.22. The van der Waals surface area contributed by atoms with E-state index < -0.39 is 0 Å². The van der Waals surface area contributed by atoms with Crippen LogP contribution in [0.15, 0.2) is 42.6 Å². The van der Waals surface area contributed by atoms with E-state index in [-0.39, 0.29) is 5.91 Å². The quantitative estimate of drug-likeness (QED) is 0.882. The number of carbonyl (C=O) groups excluding carboxylic acids is 1. The van der Waals surface area contributed by atoms with E-state index in [0.717, 1.165) is 5.69 Å². The average molecular weight is 257 g/mol. The molecule has 0 spiro atoms. The highest BCUT2D eigenvalue weighted by molar-refractivity contribution is 6.03. The summed E-state index contributed by atoms with van der Waals surface area (Å²) in [5, 5.41) is 5.72. The Labute approximate surface area is 111 Å². The van der Waals surface area contributed by atoms with Crippen molar-refractivity contribution in [3.63, 3.8) is 0 Å². The summed E-state index contributed by atoms with van der Waals surface area (Å²) in [6, 6.07) is 10.6. The molecule has 0 radical (unpaired) electrons. The van der Waals surface area contributed by atoms with Crippen molar-refractivity contribution in [2.75, 3.05) is 24.8 Å². The van der Waals surface area contributed by atoms with E-state index in [9.17, 15) is 4.79 Å². The first-order valence-electron chi connectivity index (χ1n) is 5.82. The van der Waals surface area contributed by atoms with Crippen molar-refractivity contribution in [2.45, 2.75) is 0 Å². The van der Waals surface area contributed by atoms with Gasteiger partial charge in [-0.15, -0.1) is 0 Å². The highest BCUT2D eigenvalue weighted by Gasteiger charge is 2.07. The molecule has 0 aliphatic heterocycles. The van der Waals surface area contributed by atoms with Crippen molar-refractivity contribution in [3.05, 3.63) is 48.3 Å². The number of ether oxygens (including phenoxy) is 1. The van der Waals surface area contributed by atoms with Crippen molar-refractivity contribution in [2.24, 2.45) is 0 Å². The third-order valence-corrected chi connectivity index (χ3v) is 2.61. The number of hydrogen-bond acceptors (Lipinski definition) is 4. The number of carbonyl (C=O) groups is 1. The van der Waals surface area contributed by atoms with Gasteiger partial charge in [-0.1, -0.05) is 6.07 Å². The molecule has 0 saturated carbocycles. The third kappa shape index (κ3) is 3.22. The van der Waals surface area contributed by atoms with Gasteiger partial charge in [-0.05, 0) is 24.3 Å². The van der Waals surface area contributed by atoms with Crippen LogP contribution in [-0.4, -0.2) is 25.0 Å². The molecule has 0 saturated heterocycles. The monoisotopic (exact) mass is 257 g/mol. The van der Waals surface area contributed by atoms with Gasteiger partial charge in [-0.3, -0.25) is 4.79 Å². The molecular formula is C14H15N3O2. The van der Waals surface area contributed by atoms with E-state index >= 15 is 0 Å². The molecule has 0 unspecified atom stereocenters. The lowest BCUT2D eigenvalue weighted by Crippen LogP contribution is -2.13. The van der Waals surface area contributed by atoms with Crippen molar-refractivity contribution in [3.8, 4) is 5.75 Å². The summed E-state index contributed by atoms with van der Waals surface area (Å²) < 4.78 is 5.10. The van der Waals surface area contributed by atoms with E-state index in [1.165, 1.54) is 0 Å². The number of nitrogens with one attached hydrogen (secondary N) is 2. The number of anilines is 2. The maximum Gasteiger partial charge on any atom is 0.274 e. The molecule has 2 N–H and O–H groups in total. The summed E-state index contributed by atoms with van der Waals surface area (Å²) in [5.41, 5.74) is 1.89. The van der Waals surface area contributed by atoms with Gasteiger partial charge in [0.2, 0.25) is 0 Å². The Balaban J connectivity index is 2.11.